The molecular weight excluding hydrogens is 450 g/mol. The van der Waals surface area contributed by atoms with Gasteiger partial charge in [-0.05, 0) is 49.4 Å². The van der Waals surface area contributed by atoms with Crippen molar-refractivity contribution in [2.75, 3.05) is 17.8 Å². The van der Waals surface area contributed by atoms with Gasteiger partial charge < -0.3 is 4.74 Å². The van der Waals surface area contributed by atoms with E-state index in [0.29, 0.717) is 10.6 Å². The minimum absolute atomic E-state index is 0.0660. The molecule has 0 radical (unpaired) electrons. The molecule has 0 saturated heterocycles. The number of hydrogen-bond acceptors (Lipinski definition) is 6. The molecule has 144 valence electrons. The van der Waals surface area contributed by atoms with E-state index in [4.69, 9.17) is 4.74 Å². The van der Waals surface area contributed by atoms with Crippen molar-refractivity contribution >= 4 is 61.7 Å². The largest absolute Gasteiger partial charge is 0.467 e. The van der Waals surface area contributed by atoms with Crippen molar-refractivity contribution in [1.29, 1.82) is 0 Å². The summed E-state index contributed by atoms with van der Waals surface area (Å²) in [4.78, 5) is 39.4. The van der Waals surface area contributed by atoms with Gasteiger partial charge in [0.25, 0.3) is 0 Å². The molecule has 5 nitrogen and oxygen atoms in total. The van der Waals surface area contributed by atoms with Gasteiger partial charge in [0.1, 0.15) is 6.04 Å². The van der Waals surface area contributed by atoms with E-state index < -0.39 is 12.0 Å². The molecule has 1 atom stereocenters. The first kappa shape index (κ1) is 21.7. The Morgan fingerprint density at radius 1 is 1.26 bits per heavy atom. The van der Waals surface area contributed by atoms with Crippen molar-refractivity contribution in [2.24, 2.45) is 0 Å². The topological polar surface area (TPSA) is 63.7 Å². The molecule has 8 heteroatoms. The third-order valence-electron chi connectivity index (χ3n) is 4.05. The third-order valence-corrected chi connectivity index (χ3v) is 6.79. The van der Waals surface area contributed by atoms with Crippen molar-refractivity contribution in [3.63, 3.8) is 0 Å². The molecule has 2 rings (SSSR count). The molecule has 2 aromatic rings. The molecule has 1 heterocycles. The van der Waals surface area contributed by atoms with Crippen LogP contribution in [0.2, 0.25) is 0 Å². The van der Waals surface area contributed by atoms with Gasteiger partial charge in [-0.1, -0.05) is 39.8 Å². The number of esters is 1. The number of carbonyl (C=O) groups excluding carboxylic acids is 3. The summed E-state index contributed by atoms with van der Waals surface area (Å²) in [6.07, 6.45) is 0. The molecule has 1 aromatic heterocycles. The molecule has 0 fully saturated rings. The highest BCUT2D eigenvalue weighted by Crippen LogP contribution is 2.33. The SMILES string of the molecule is COC(=O)[C@H](C)N(C(=O)CSC(=O)c1cccs1)c1c(C)ccc(Br)c1C. The predicted octanol–water partition coefficient (Wildman–Crippen LogP) is 4.60. The number of amides is 1. The van der Waals surface area contributed by atoms with Crippen LogP contribution in [0.3, 0.4) is 0 Å². The van der Waals surface area contributed by atoms with E-state index >= 15 is 0 Å². The lowest BCUT2D eigenvalue weighted by Gasteiger charge is -2.30. The van der Waals surface area contributed by atoms with Crippen LogP contribution in [0.1, 0.15) is 27.7 Å². The maximum atomic E-state index is 13.0. The van der Waals surface area contributed by atoms with Gasteiger partial charge in [-0.2, -0.15) is 0 Å². The van der Waals surface area contributed by atoms with Gasteiger partial charge in [-0.3, -0.25) is 14.5 Å². The van der Waals surface area contributed by atoms with Gasteiger partial charge in [-0.25, -0.2) is 4.79 Å². The molecule has 0 unspecified atom stereocenters. The van der Waals surface area contributed by atoms with Crippen molar-refractivity contribution in [1.82, 2.24) is 0 Å². The number of anilines is 1. The van der Waals surface area contributed by atoms with Crippen LogP contribution >= 0.6 is 39.0 Å². The lowest BCUT2D eigenvalue weighted by Crippen LogP contribution is -2.45. The Balaban J connectivity index is 2.33. The summed E-state index contributed by atoms with van der Waals surface area (Å²) < 4.78 is 5.68. The number of aryl methyl sites for hydroxylation is 1. The molecule has 1 aromatic carbocycles. The van der Waals surface area contributed by atoms with Crippen LogP contribution in [-0.4, -0.2) is 35.9 Å². The highest BCUT2D eigenvalue weighted by molar-refractivity contribution is 9.10. The number of thioether (sulfide) groups is 1. The highest BCUT2D eigenvalue weighted by atomic mass is 79.9. The second kappa shape index (κ2) is 9.52. The molecule has 0 bridgehead atoms. The highest BCUT2D eigenvalue weighted by Gasteiger charge is 2.31. The molecule has 0 aliphatic heterocycles. The lowest BCUT2D eigenvalue weighted by atomic mass is 10.1. The minimum Gasteiger partial charge on any atom is -0.467 e. The molecule has 0 aliphatic carbocycles. The van der Waals surface area contributed by atoms with Gasteiger partial charge in [0.2, 0.25) is 11.0 Å². The summed E-state index contributed by atoms with van der Waals surface area (Å²) in [5.74, 6) is -0.910. The molecule has 0 saturated carbocycles. The van der Waals surface area contributed by atoms with Crippen molar-refractivity contribution < 1.29 is 19.1 Å². The Hall–Kier alpha value is -1.64. The number of nitrogens with zero attached hydrogens (tertiary/aromatic N) is 1. The standard InChI is InChI=1S/C19H20BrNO4S2/c1-11-7-8-14(20)12(2)17(11)21(13(3)18(23)25-4)16(22)10-27-19(24)15-6-5-9-26-15/h5-9,13H,10H2,1-4H3/t13-/m0/s1. The fraction of sp³-hybridized carbons (Fsp3) is 0.316. The van der Waals surface area contributed by atoms with E-state index in [9.17, 15) is 14.4 Å². The zero-order chi connectivity index (χ0) is 20.1. The Kier molecular flexibility index (Phi) is 7.64. The molecular formula is C19H20BrNO4S2. The summed E-state index contributed by atoms with van der Waals surface area (Å²) in [5.41, 5.74) is 2.35. The van der Waals surface area contributed by atoms with Crippen LogP contribution in [0.4, 0.5) is 5.69 Å². The predicted molar refractivity (Wildman–Crippen MR) is 114 cm³/mol. The quantitative estimate of drug-likeness (QED) is 0.578. The van der Waals surface area contributed by atoms with Gasteiger partial charge in [0, 0.05) is 4.47 Å². The van der Waals surface area contributed by atoms with Gasteiger partial charge >= 0.3 is 5.97 Å². The first-order valence-electron chi connectivity index (χ1n) is 8.14. The van der Waals surface area contributed by atoms with Crippen molar-refractivity contribution in [3.8, 4) is 0 Å². The average molecular weight is 470 g/mol. The maximum absolute atomic E-state index is 13.0. The van der Waals surface area contributed by atoms with Gasteiger partial charge in [-0.15, -0.1) is 11.3 Å². The Labute approximate surface area is 175 Å². The number of hydrogen-bond donors (Lipinski definition) is 0. The Morgan fingerprint density at radius 3 is 2.56 bits per heavy atom. The normalized spacial score (nSPS) is 11.7. The number of thiophene rings is 1. The fourth-order valence-corrected chi connectivity index (χ4v) is 4.46. The van der Waals surface area contributed by atoms with Crippen LogP contribution in [0.5, 0.6) is 0 Å². The first-order chi connectivity index (χ1) is 12.8. The number of methoxy groups -OCH3 is 1. The van der Waals surface area contributed by atoms with E-state index in [1.54, 1.807) is 19.1 Å². The van der Waals surface area contributed by atoms with E-state index in [1.165, 1.54) is 23.3 Å². The number of benzene rings is 1. The molecule has 1 amide bonds. The first-order valence-corrected chi connectivity index (χ1v) is 10.8. The second-order valence-corrected chi connectivity index (χ2v) is 8.60. The number of ether oxygens (including phenoxy) is 1. The third kappa shape index (κ3) is 5.00. The zero-order valence-corrected chi connectivity index (χ0v) is 18.7. The van der Waals surface area contributed by atoms with Gasteiger partial charge in [0.15, 0.2) is 0 Å². The van der Waals surface area contributed by atoms with E-state index in [-0.39, 0.29) is 16.8 Å². The van der Waals surface area contributed by atoms with Crippen LogP contribution in [0, 0.1) is 13.8 Å². The summed E-state index contributed by atoms with van der Waals surface area (Å²) >= 11 is 5.75. The Morgan fingerprint density at radius 2 is 1.96 bits per heavy atom. The van der Waals surface area contributed by atoms with E-state index in [2.05, 4.69) is 15.9 Å². The van der Waals surface area contributed by atoms with Crippen LogP contribution in [0.15, 0.2) is 34.1 Å². The van der Waals surface area contributed by atoms with Crippen LogP contribution < -0.4 is 4.90 Å². The summed E-state index contributed by atoms with van der Waals surface area (Å²) in [5, 5.41) is 1.65. The Bertz CT molecular complexity index is 852. The van der Waals surface area contributed by atoms with E-state index in [1.807, 2.05) is 31.4 Å². The maximum Gasteiger partial charge on any atom is 0.328 e. The average Bonchev–Trinajstić information content (AvgIpc) is 3.19. The summed E-state index contributed by atoms with van der Waals surface area (Å²) in [6, 6.07) is 6.48. The second-order valence-electron chi connectivity index (χ2n) is 5.85. The summed E-state index contributed by atoms with van der Waals surface area (Å²) in [6.45, 7) is 5.37. The number of halogens is 1. The van der Waals surface area contributed by atoms with Crippen molar-refractivity contribution in [2.45, 2.75) is 26.8 Å². The van der Waals surface area contributed by atoms with Crippen molar-refractivity contribution in [3.05, 3.63) is 50.1 Å². The van der Waals surface area contributed by atoms with Gasteiger partial charge in [0.05, 0.1) is 23.4 Å². The molecule has 0 aliphatic rings. The fourth-order valence-electron chi connectivity index (χ4n) is 2.65. The monoisotopic (exact) mass is 469 g/mol. The lowest BCUT2D eigenvalue weighted by molar-refractivity contribution is -0.142. The smallest absolute Gasteiger partial charge is 0.328 e. The van der Waals surface area contributed by atoms with E-state index in [0.717, 1.165) is 27.4 Å². The summed E-state index contributed by atoms with van der Waals surface area (Å²) in [7, 11) is 1.29. The van der Waals surface area contributed by atoms with Crippen LogP contribution in [0.25, 0.3) is 0 Å². The zero-order valence-electron chi connectivity index (χ0n) is 15.4. The number of rotatable bonds is 6. The number of carbonyl (C=O) groups is 3. The molecule has 0 spiro atoms. The molecule has 27 heavy (non-hydrogen) atoms. The minimum atomic E-state index is -0.813. The molecule has 0 N–H and O–H groups in total. The van der Waals surface area contributed by atoms with Crippen LogP contribution in [-0.2, 0) is 14.3 Å².